The van der Waals surface area contributed by atoms with Crippen molar-refractivity contribution in [2.75, 3.05) is 46.9 Å². The number of nitrogens with zero attached hydrogens (tertiary/aromatic N) is 2. The van der Waals surface area contributed by atoms with E-state index in [1.54, 1.807) is 14.2 Å². The van der Waals surface area contributed by atoms with Crippen LogP contribution in [-0.4, -0.2) is 68.7 Å². The van der Waals surface area contributed by atoms with Gasteiger partial charge in [-0.3, -0.25) is 4.79 Å². The lowest BCUT2D eigenvalue weighted by Gasteiger charge is -2.30. The molecule has 0 aliphatic carbocycles. The quantitative estimate of drug-likeness (QED) is 0.720. The van der Waals surface area contributed by atoms with Crippen LogP contribution in [0.5, 0.6) is 0 Å². The van der Waals surface area contributed by atoms with Crippen molar-refractivity contribution in [3.63, 3.8) is 0 Å². The molecule has 1 aliphatic heterocycles. The molecule has 1 saturated heterocycles. The van der Waals surface area contributed by atoms with Crippen molar-refractivity contribution < 1.29 is 14.3 Å². The number of amides is 3. The lowest BCUT2D eigenvalue weighted by Crippen LogP contribution is -2.47. The number of rotatable bonds is 5. The second-order valence-electron chi connectivity index (χ2n) is 4.53. The molecule has 1 aliphatic rings. The maximum absolute atomic E-state index is 12.0. The van der Waals surface area contributed by atoms with Crippen molar-refractivity contribution in [2.24, 2.45) is 0 Å². The van der Waals surface area contributed by atoms with Gasteiger partial charge in [0, 0.05) is 33.8 Å². The Morgan fingerprint density at radius 1 is 1.28 bits per heavy atom. The molecule has 0 aromatic carbocycles. The van der Waals surface area contributed by atoms with E-state index in [9.17, 15) is 9.59 Å². The van der Waals surface area contributed by atoms with Gasteiger partial charge in [-0.2, -0.15) is 0 Å². The van der Waals surface area contributed by atoms with Crippen molar-refractivity contribution in [2.45, 2.75) is 19.3 Å². The first-order chi connectivity index (χ1) is 8.65. The van der Waals surface area contributed by atoms with E-state index in [0.717, 1.165) is 25.9 Å². The molecule has 6 heteroatoms. The zero-order valence-electron chi connectivity index (χ0n) is 11.3. The number of methoxy groups -OCH3 is 1. The molecular formula is C12H23N3O3. The van der Waals surface area contributed by atoms with Crippen LogP contribution in [0, 0.1) is 0 Å². The van der Waals surface area contributed by atoms with Crippen molar-refractivity contribution in [3.05, 3.63) is 0 Å². The van der Waals surface area contributed by atoms with Gasteiger partial charge in [0.15, 0.2) is 0 Å². The number of ether oxygens (including phenoxy) is 1. The van der Waals surface area contributed by atoms with Gasteiger partial charge in [0.25, 0.3) is 0 Å². The molecule has 0 unspecified atom stereocenters. The minimum absolute atomic E-state index is 0.0587. The standard InChI is InChI=1S/C12H23N3O3/c1-14(10-11(16)13-6-9-18-2)12(17)15-7-4-3-5-8-15/h3-10H2,1-2H3,(H,13,16). The highest BCUT2D eigenvalue weighted by Gasteiger charge is 2.21. The number of nitrogens with one attached hydrogen (secondary N) is 1. The molecule has 1 rings (SSSR count). The first-order valence-corrected chi connectivity index (χ1v) is 6.41. The number of carbonyl (C=O) groups is 2. The van der Waals surface area contributed by atoms with Gasteiger partial charge in [-0.1, -0.05) is 0 Å². The lowest BCUT2D eigenvalue weighted by atomic mass is 10.1. The van der Waals surface area contributed by atoms with Gasteiger partial charge in [-0.15, -0.1) is 0 Å². The Hall–Kier alpha value is -1.30. The van der Waals surface area contributed by atoms with Crippen LogP contribution in [0.15, 0.2) is 0 Å². The minimum Gasteiger partial charge on any atom is -0.383 e. The number of piperidine rings is 1. The molecule has 18 heavy (non-hydrogen) atoms. The van der Waals surface area contributed by atoms with E-state index in [0.29, 0.717) is 13.2 Å². The zero-order valence-corrected chi connectivity index (χ0v) is 11.3. The summed E-state index contributed by atoms with van der Waals surface area (Å²) < 4.78 is 4.84. The lowest BCUT2D eigenvalue weighted by molar-refractivity contribution is -0.121. The summed E-state index contributed by atoms with van der Waals surface area (Å²) in [5.74, 6) is -0.153. The topological polar surface area (TPSA) is 61.9 Å². The van der Waals surface area contributed by atoms with Crippen LogP contribution < -0.4 is 5.32 Å². The summed E-state index contributed by atoms with van der Waals surface area (Å²) in [6, 6.07) is -0.0587. The molecular weight excluding hydrogens is 234 g/mol. The predicted molar refractivity (Wildman–Crippen MR) is 68.3 cm³/mol. The molecule has 0 saturated carbocycles. The summed E-state index contributed by atoms with van der Waals surface area (Å²) in [4.78, 5) is 26.8. The second-order valence-corrected chi connectivity index (χ2v) is 4.53. The molecule has 0 aromatic heterocycles. The minimum atomic E-state index is -0.153. The van der Waals surface area contributed by atoms with Crippen LogP contribution in [0.1, 0.15) is 19.3 Å². The van der Waals surface area contributed by atoms with Crippen molar-refractivity contribution in [1.29, 1.82) is 0 Å². The number of hydrogen-bond donors (Lipinski definition) is 1. The molecule has 0 aromatic rings. The molecule has 0 bridgehead atoms. The van der Waals surface area contributed by atoms with Gasteiger partial charge >= 0.3 is 6.03 Å². The van der Waals surface area contributed by atoms with Crippen LogP contribution in [0.2, 0.25) is 0 Å². The fourth-order valence-corrected chi connectivity index (χ4v) is 1.96. The van der Waals surface area contributed by atoms with E-state index in [1.807, 2.05) is 4.90 Å². The Morgan fingerprint density at radius 2 is 1.94 bits per heavy atom. The highest BCUT2D eigenvalue weighted by Crippen LogP contribution is 2.10. The number of hydrogen-bond acceptors (Lipinski definition) is 3. The Morgan fingerprint density at radius 3 is 2.56 bits per heavy atom. The summed E-state index contributed by atoms with van der Waals surface area (Å²) in [7, 11) is 3.24. The molecule has 104 valence electrons. The van der Waals surface area contributed by atoms with Gasteiger partial charge in [-0.25, -0.2) is 4.79 Å². The Balaban J connectivity index is 2.27. The highest BCUT2D eigenvalue weighted by molar-refractivity contribution is 5.83. The molecule has 6 nitrogen and oxygen atoms in total. The van der Waals surface area contributed by atoms with Gasteiger partial charge in [0.1, 0.15) is 6.54 Å². The summed E-state index contributed by atoms with van der Waals surface area (Å²) in [5, 5.41) is 2.70. The van der Waals surface area contributed by atoms with E-state index in [2.05, 4.69) is 5.32 Å². The Kier molecular flexibility index (Phi) is 6.49. The van der Waals surface area contributed by atoms with Crippen molar-refractivity contribution in [1.82, 2.24) is 15.1 Å². The van der Waals surface area contributed by atoms with Crippen molar-refractivity contribution >= 4 is 11.9 Å². The van der Waals surface area contributed by atoms with Crippen LogP contribution in [0.25, 0.3) is 0 Å². The van der Waals surface area contributed by atoms with Crippen LogP contribution in [0.3, 0.4) is 0 Å². The van der Waals surface area contributed by atoms with E-state index in [-0.39, 0.29) is 18.5 Å². The largest absolute Gasteiger partial charge is 0.383 e. The third-order valence-electron chi connectivity index (χ3n) is 2.96. The number of urea groups is 1. The maximum Gasteiger partial charge on any atom is 0.320 e. The monoisotopic (exact) mass is 257 g/mol. The van der Waals surface area contributed by atoms with Gasteiger partial charge in [-0.05, 0) is 19.3 Å². The van der Waals surface area contributed by atoms with E-state index >= 15 is 0 Å². The third kappa shape index (κ3) is 4.91. The van der Waals surface area contributed by atoms with E-state index in [1.165, 1.54) is 11.3 Å². The Labute approximate surface area is 108 Å². The average Bonchev–Trinajstić information content (AvgIpc) is 2.39. The molecule has 3 amide bonds. The first-order valence-electron chi connectivity index (χ1n) is 6.41. The van der Waals surface area contributed by atoms with Gasteiger partial charge < -0.3 is 19.9 Å². The van der Waals surface area contributed by atoms with Crippen molar-refractivity contribution in [3.8, 4) is 0 Å². The maximum atomic E-state index is 12.0. The van der Waals surface area contributed by atoms with E-state index < -0.39 is 0 Å². The smallest absolute Gasteiger partial charge is 0.320 e. The number of likely N-dealkylation sites (N-methyl/N-ethyl adjacent to an activating group) is 1. The molecule has 0 spiro atoms. The van der Waals surface area contributed by atoms with Gasteiger partial charge in [0.05, 0.1) is 6.61 Å². The highest BCUT2D eigenvalue weighted by atomic mass is 16.5. The summed E-state index contributed by atoms with van der Waals surface area (Å²) in [5.41, 5.74) is 0. The molecule has 1 fully saturated rings. The molecule has 1 N–H and O–H groups in total. The molecule has 0 radical (unpaired) electrons. The predicted octanol–water partition coefficient (Wildman–Crippen LogP) is 0.287. The third-order valence-corrected chi connectivity index (χ3v) is 2.96. The Bertz CT molecular complexity index is 278. The normalized spacial score (nSPS) is 15.3. The van der Waals surface area contributed by atoms with Crippen LogP contribution >= 0.6 is 0 Å². The first kappa shape index (κ1) is 14.8. The molecule has 1 heterocycles. The SMILES string of the molecule is COCCNC(=O)CN(C)C(=O)N1CCCCC1. The number of carbonyl (C=O) groups excluding carboxylic acids is 2. The molecule has 0 atom stereocenters. The second kappa shape index (κ2) is 7.92. The summed E-state index contributed by atoms with van der Waals surface area (Å²) >= 11 is 0. The average molecular weight is 257 g/mol. The fraction of sp³-hybridized carbons (Fsp3) is 0.833. The fourth-order valence-electron chi connectivity index (χ4n) is 1.96. The number of likely N-dealkylation sites (tertiary alicyclic amines) is 1. The zero-order chi connectivity index (χ0) is 13.4. The van der Waals surface area contributed by atoms with Crippen LogP contribution in [0.4, 0.5) is 4.79 Å². The van der Waals surface area contributed by atoms with Crippen LogP contribution in [-0.2, 0) is 9.53 Å². The summed E-state index contributed by atoms with van der Waals surface area (Å²) in [6.45, 7) is 2.65. The van der Waals surface area contributed by atoms with E-state index in [4.69, 9.17) is 4.74 Å². The van der Waals surface area contributed by atoms with Gasteiger partial charge in [0.2, 0.25) is 5.91 Å². The summed E-state index contributed by atoms with van der Waals surface area (Å²) in [6.07, 6.45) is 3.30.